The first-order chi connectivity index (χ1) is 11.3. The third kappa shape index (κ3) is 2.93. The first-order valence-electron chi connectivity index (χ1n) is 7.31. The number of aryl methyl sites for hydroxylation is 1. The Labute approximate surface area is 137 Å². The van der Waals surface area contributed by atoms with E-state index in [2.05, 4.69) is 57.5 Å². The molecule has 0 aliphatic rings. The molecule has 4 aromatic rings. The molecule has 1 aromatic carbocycles. The lowest BCUT2D eigenvalue weighted by Gasteiger charge is -2.08. The topological polar surface area (TPSA) is 55.6 Å². The zero-order valence-electron chi connectivity index (χ0n) is 12.6. The Bertz CT molecular complexity index is 925. The largest absolute Gasteiger partial charge is 0.340 e. The Hall–Kier alpha value is -2.73. The molecule has 0 aliphatic carbocycles. The number of hydrogen-bond acceptors (Lipinski definition) is 5. The average molecular weight is 321 g/mol. The Kier molecular flexibility index (Phi) is 3.51. The molecule has 3 heterocycles. The molecule has 0 unspecified atom stereocenters. The van der Waals surface area contributed by atoms with Crippen molar-refractivity contribution in [2.45, 2.75) is 13.5 Å². The number of rotatable bonds is 4. The van der Waals surface area contributed by atoms with Gasteiger partial charge in [0.25, 0.3) is 0 Å². The van der Waals surface area contributed by atoms with E-state index in [1.807, 2.05) is 17.1 Å². The fourth-order valence-electron chi connectivity index (χ4n) is 2.50. The van der Waals surface area contributed by atoms with Crippen LogP contribution in [0.25, 0.3) is 10.2 Å². The summed E-state index contributed by atoms with van der Waals surface area (Å²) >= 11 is 1.68. The summed E-state index contributed by atoms with van der Waals surface area (Å²) in [5.74, 6) is 0.849. The van der Waals surface area contributed by atoms with E-state index < -0.39 is 0 Å². The van der Waals surface area contributed by atoms with Crippen LogP contribution in [0, 0.1) is 6.92 Å². The molecular weight excluding hydrogens is 306 g/mol. The molecule has 3 aromatic heterocycles. The van der Waals surface area contributed by atoms with Crippen LogP contribution in [0.3, 0.4) is 0 Å². The van der Waals surface area contributed by atoms with Crippen molar-refractivity contribution in [3.05, 3.63) is 65.8 Å². The smallest absolute Gasteiger partial charge is 0.142 e. The lowest BCUT2D eigenvalue weighted by atomic mass is 10.2. The Morgan fingerprint density at radius 3 is 2.83 bits per heavy atom. The highest BCUT2D eigenvalue weighted by molar-refractivity contribution is 7.18. The second-order valence-electron chi connectivity index (χ2n) is 5.36. The number of thiophene rings is 1. The van der Waals surface area contributed by atoms with E-state index in [0.29, 0.717) is 0 Å². The number of imidazole rings is 1. The Morgan fingerprint density at radius 2 is 2.04 bits per heavy atom. The molecule has 0 saturated heterocycles. The molecule has 4 rings (SSSR count). The minimum absolute atomic E-state index is 0.821. The summed E-state index contributed by atoms with van der Waals surface area (Å²) in [6.07, 6.45) is 7.18. The zero-order chi connectivity index (χ0) is 15.6. The van der Waals surface area contributed by atoms with E-state index in [1.165, 1.54) is 10.4 Å². The number of nitrogens with one attached hydrogen (secondary N) is 1. The van der Waals surface area contributed by atoms with Crippen molar-refractivity contribution in [2.24, 2.45) is 0 Å². The van der Waals surface area contributed by atoms with Crippen LogP contribution in [0.15, 0.2) is 55.4 Å². The molecule has 0 saturated carbocycles. The molecule has 0 bridgehead atoms. The standard InChI is InChI=1S/C17H15N5S/c1-12-8-15-16(19-10-20-17(15)23-12)21-14-4-2-13(3-5-14)9-22-7-6-18-11-22/h2-8,10-11H,9H2,1H3,(H,19,20,21). The maximum Gasteiger partial charge on any atom is 0.142 e. The molecule has 0 fully saturated rings. The lowest BCUT2D eigenvalue weighted by molar-refractivity contribution is 0.797. The van der Waals surface area contributed by atoms with Crippen LogP contribution in [0.2, 0.25) is 0 Å². The van der Waals surface area contributed by atoms with E-state index in [9.17, 15) is 0 Å². The Morgan fingerprint density at radius 1 is 1.17 bits per heavy atom. The van der Waals surface area contributed by atoms with Crippen LogP contribution in [0.4, 0.5) is 11.5 Å². The second kappa shape index (κ2) is 5.81. The maximum atomic E-state index is 4.37. The van der Waals surface area contributed by atoms with Crippen LogP contribution in [0.1, 0.15) is 10.4 Å². The molecule has 0 spiro atoms. The van der Waals surface area contributed by atoms with Crippen molar-refractivity contribution in [1.82, 2.24) is 19.5 Å². The Balaban J connectivity index is 1.56. The quantitative estimate of drug-likeness (QED) is 0.617. The van der Waals surface area contributed by atoms with Gasteiger partial charge in [0.1, 0.15) is 17.0 Å². The summed E-state index contributed by atoms with van der Waals surface area (Å²) < 4.78 is 2.05. The SMILES string of the molecule is Cc1cc2c(Nc3ccc(Cn4ccnc4)cc3)ncnc2s1. The van der Waals surface area contributed by atoms with Gasteiger partial charge in [-0.05, 0) is 30.7 Å². The maximum absolute atomic E-state index is 4.37. The highest BCUT2D eigenvalue weighted by Gasteiger charge is 2.07. The summed E-state index contributed by atoms with van der Waals surface area (Å²) in [5, 5.41) is 4.45. The second-order valence-corrected chi connectivity index (χ2v) is 6.59. The van der Waals surface area contributed by atoms with Gasteiger partial charge in [-0.15, -0.1) is 11.3 Å². The van der Waals surface area contributed by atoms with E-state index in [-0.39, 0.29) is 0 Å². The van der Waals surface area contributed by atoms with Crippen LogP contribution < -0.4 is 5.32 Å². The first kappa shape index (κ1) is 13.9. The van der Waals surface area contributed by atoms with Gasteiger partial charge in [0, 0.05) is 29.5 Å². The molecule has 0 aliphatic heterocycles. The molecule has 114 valence electrons. The monoisotopic (exact) mass is 321 g/mol. The van der Waals surface area contributed by atoms with Gasteiger partial charge in [-0.25, -0.2) is 15.0 Å². The van der Waals surface area contributed by atoms with Gasteiger partial charge in [0.15, 0.2) is 0 Å². The first-order valence-corrected chi connectivity index (χ1v) is 8.12. The molecule has 0 atom stereocenters. The van der Waals surface area contributed by atoms with Gasteiger partial charge >= 0.3 is 0 Å². The average Bonchev–Trinajstić information content (AvgIpc) is 3.18. The minimum atomic E-state index is 0.821. The van der Waals surface area contributed by atoms with E-state index >= 15 is 0 Å². The van der Waals surface area contributed by atoms with Crippen LogP contribution in [0.5, 0.6) is 0 Å². The molecular formula is C17H15N5S. The molecule has 23 heavy (non-hydrogen) atoms. The highest BCUT2D eigenvalue weighted by atomic mass is 32.1. The lowest BCUT2D eigenvalue weighted by Crippen LogP contribution is -1.98. The third-order valence-corrected chi connectivity index (χ3v) is 4.55. The normalized spacial score (nSPS) is 11.0. The van der Waals surface area contributed by atoms with Gasteiger partial charge in [0.2, 0.25) is 0 Å². The summed E-state index contributed by atoms with van der Waals surface area (Å²) in [6.45, 7) is 2.91. The van der Waals surface area contributed by atoms with Crippen LogP contribution in [-0.4, -0.2) is 19.5 Å². The summed E-state index contributed by atoms with van der Waals surface area (Å²) in [6, 6.07) is 10.5. The zero-order valence-corrected chi connectivity index (χ0v) is 13.4. The molecule has 1 N–H and O–H groups in total. The fraction of sp³-hybridized carbons (Fsp3) is 0.118. The van der Waals surface area contributed by atoms with Crippen molar-refractivity contribution >= 4 is 33.1 Å². The van der Waals surface area contributed by atoms with E-state index in [0.717, 1.165) is 28.3 Å². The highest BCUT2D eigenvalue weighted by Crippen LogP contribution is 2.29. The number of anilines is 2. The predicted octanol–water partition coefficient (Wildman–Crippen LogP) is 3.99. The number of benzene rings is 1. The molecule has 6 heteroatoms. The van der Waals surface area contributed by atoms with E-state index in [4.69, 9.17) is 0 Å². The fourth-order valence-corrected chi connectivity index (χ4v) is 3.34. The summed E-state index contributed by atoms with van der Waals surface area (Å²) in [7, 11) is 0. The van der Waals surface area contributed by atoms with Crippen LogP contribution in [-0.2, 0) is 6.54 Å². The van der Waals surface area contributed by atoms with Crippen LogP contribution >= 0.6 is 11.3 Å². The number of nitrogens with zero attached hydrogens (tertiary/aromatic N) is 4. The van der Waals surface area contributed by atoms with Gasteiger partial charge in [-0.2, -0.15) is 0 Å². The summed E-state index contributed by atoms with van der Waals surface area (Å²) in [5.41, 5.74) is 2.25. The number of aromatic nitrogens is 4. The molecule has 0 radical (unpaired) electrons. The number of fused-ring (bicyclic) bond motifs is 1. The van der Waals surface area contributed by atoms with Gasteiger partial charge in [-0.3, -0.25) is 0 Å². The van der Waals surface area contributed by atoms with Crippen molar-refractivity contribution in [1.29, 1.82) is 0 Å². The molecule has 5 nitrogen and oxygen atoms in total. The third-order valence-electron chi connectivity index (χ3n) is 3.59. The van der Waals surface area contributed by atoms with Crippen molar-refractivity contribution in [2.75, 3.05) is 5.32 Å². The van der Waals surface area contributed by atoms with Crippen molar-refractivity contribution < 1.29 is 0 Å². The van der Waals surface area contributed by atoms with Gasteiger partial charge in [0.05, 0.1) is 11.7 Å². The summed E-state index contributed by atoms with van der Waals surface area (Å²) in [4.78, 5) is 15.0. The van der Waals surface area contributed by atoms with Crippen molar-refractivity contribution in [3.8, 4) is 0 Å². The van der Waals surface area contributed by atoms with Gasteiger partial charge < -0.3 is 9.88 Å². The van der Waals surface area contributed by atoms with E-state index in [1.54, 1.807) is 23.9 Å². The van der Waals surface area contributed by atoms with Gasteiger partial charge in [-0.1, -0.05) is 12.1 Å². The number of hydrogen-bond donors (Lipinski definition) is 1. The molecule has 0 amide bonds. The van der Waals surface area contributed by atoms with Crippen molar-refractivity contribution in [3.63, 3.8) is 0 Å². The minimum Gasteiger partial charge on any atom is -0.340 e. The predicted molar refractivity (Wildman–Crippen MR) is 93.2 cm³/mol.